The first-order chi connectivity index (χ1) is 9.16. The zero-order valence-corrected chi connectivity index (χ0v) is 12.4. The minimum Gasteiger partial charge on any atom is -0.480 e. The highest BCUT2D eigenvalue weighted by molar-refractivity contribution is 7.91. The number of nitrogens with zero attached hydrogens (tertiary/aromatic N) is 1. The summed E-state index contributed by atoms with van der Waals surface area (Å²) in [6.45, 7) is 3.28. The third kappa shape index (κ3) is 2.89. The lowest BCUT2D eigenvalue weighted by atomic mass is 9.96. The van der Waals surface area contributed by atoms with Crippen LogP contribution in [0.15, 0.2) is 0 Å². The van der Waals surface area contributed by atoms with Crippen LogP contribution >= 0.6 is 0 Å². The van der Waals surface area contributed by atoms with Gasteiger partial charge in [0.1, 0.15) is 5.54 Å². The molecule has 1 aliphatic carbocycles. The largest absolute Gasteiger partial charge is 0.480 e. The van der Waals surface area contributed by atoms with Crippen LogP contribution in [-0.2, 0) is 14.6 Å². The Balaban J connectivity index is 2.06. The molecule has 8 heteroatoms. The van der Waals surface area contributed by atoms with Crippen LogP contribution < -0.4 is 5.32 Å². The standard InChI is InChI=1S/C12H20N2O5S/c1-8-7-20(18,19)6-5-14(8)11(17)13-12(2,10(15)16)9-3-4-9/h8-9H,3-7H2,1-2H3,(H,13,17)(H,15,16). The van der Waals surface area contributed by atoms with Crippen molar-refractivity contribution in [3.05, 3.63) is 0 Å². The minimum atomic E-state index is -3.10. The first-order valence-corrected chi connectivity index (χ1v) is 8.50. The summed E-state index contributed by atoms with van der Waals surface area (Å²) in [6, 6.07) is -0.935. The molecule has 0 spiro atoms. The lowest BCUT2D eigenvalue weighted by Gasteiger charge is -2.36. The van der Waals surface area contributed by atoms with Gasteiger partial charge in [0.05, 0.1) is 11.5 Å². The van der Waals surface area contributed by atoms with E-state index in [-0.39, 0.29) is 24.0 Å². The van der Waals surface area contributed by atoms with Gasteiger partial charge in [-0.05, 0) is 32.6 Å². The molecule has 0 aromatic rings. The van der Waals surface area contributed by atoms with Crippen LogP contribution in [0.1, 0.15) is 26.7 Å². The quantitative estimate of drug-likeness (QED) is 0.768. The van der Waals surface area contributed by atoms with Crippen molar-refractivity contribution in [3.63, 3.8) is 0 Å². The van der Waals surface area contributed by atoms with Gasteiger partial charge in [-0.1, -0.05) is 0 Å². The number of sulfone groups is 1. The van der Waals surface area contributed by atoms with Crippen LogP contribution in [-0.4, -0.2) is 60.1 Å². The molecule has 2 fully saturated rings. The van der Waals surface area contributed by atoms with Gasteiger partial charge in [-0.2, -0.15) is 0 Å². The SMILES string of the molecule is CC1CS(=O)(=O)CCN1C(=O)NC(C)(C(=O)O)C1CC1. The predicted molar refractivity (Wildman–Crippen MR) is 72.1 cm³/mol. The Morgan fingerprint density at radius 2 is 1.95 bits per heavy atom. The fourth-order valence-electron chi connectivity index (χ4n) is 2.59. The zero-order valence-electron chi connectivity index (χ0n) is 11.6. The smallest absolute Gasteiger partial charge is 0.329 e. The number of carboxylic acid groups (broad SMARTS) is 1. The van der Waals surface area contributed by atoms with E-state index in [9.17, 15) is 23.1 Å². The van der Waals surface area contributed by atoms with Crippen molar-refractivity contribution in [2.24, 2.45) is 5.92 Å². The Bertz CT molecular complexity index is 528. The molecule has 0 radical (unpaired) electrons. The maximum atomic E-state index is 12.2. The Morgan fingerprint density at radius 1 is 1.35 bits per heavy atom. The second-order valence-electron chi connectivity index (χ2n) is 5.87. The molecule has 0 aromatic heterocycles. The number of hydrogen-bond acceptors (Lipinski definition) is 4. The maximum absolute atomic E-state index is 12.2. The van der Waals surface area contributed by atoms with Crippen molar-refractivity contribution in [3.8, 4) is 0 Å². The van der Waals surface area contributed by atoms with E-state index in [2.05, 4.69) is 5.32 Å². The predicted octanol–water partition coefficient (Wildman–Crippen LogP) is 0.0682. The van der Waals surface area contributed by atoms with Crippen LogP contribution in [0, 0.1) is 5.92 Å². The molecule has 1 aliphatic heterocycles. The van der Waals surface area contributed by atoms with Crippen LogP contribution in [0.4, 0.5) is 4.79 Å². The molecule has 2 N–H and O–H groups in total. The van der Waals surface area contributed by atoms with Crippen LogP contribution in [0.2, 0.25) is 0 Å². The first kappa shape index (κ1) is 15.1. The molecule has 7 nitrogen and oxygen atoms in total. The molecule has 20 heavy (non-hydrogen) atoms. The molecule has 1 saturated carbocycles. The van der Waals surface area contributed by atoms with Crippen molar-refractivity contribution in [1.82, 2.24) is 10.2 Å². The summed E-state index contributed by atoms with van der Waals surface area (Å²) in [7, 11) is -3.10. The van der Waals surface area contributed by atoms with Gasteiger partial charge >= 0.3 is 12.0 Å². The third-order valence-corrected chi connectivity index (χ3v) is 5.93. The highest BCUT2D eigenvalue weighted by atomic mass is 32.2. The van der Waals surface area contributed by atoms with E-state index in [0.29, 0.717) is 0 Å². The number of carboxylic acids is 1. The molecule has 1 saturated heterocycles. The summed E-state index contributed by atoms with van der Waals surface area (Å²) in [6.07, 6.45) is 1.57. The molecule has 2 aliphatic rings. The van der Waals surface area contributed by atoms with Gasteiger partial charge in [0.25, 0.3) is 0 Å². The molecule has 2 amide bonds. The maximum Gasteiger partial charge on any atom is 0.329 e. The van der Waals surface area contributed by atoms with Crippen molar-refractivity contribution in [1.29, 1.82) is 0 Å². The van der Waals surface area contributed by atoms with E-state index in [4.69, 9.17) is 0 Å². The van der Waals surface area contributed by atoms with Crippen molar-refractivity contribution >= 4 is 21.8 Å². The van der Waals surface area contributed by atoms with Crippen molar-refractivity contribution in [2.75, 3.05) is 18.1 Å². The summed E-state index contributed by atoms with van der Waals surface area (Å²) in [5, 5.41) is 11.9. The van der Waals surface area contributed by atoms with Gasteiger partial charge in [0.2, 0.25) is 0 Å². The van der Waals surface area contributed by atoms with Gasteiger partial charge in [-0.25, -0.2) is 18.0 Å². The normalized spacial score (nSPS) is 28.5. The number of aliphatic carboxylic acids is 1. The molecule has 2 rings (SSSR count). The molecule has 0 aromatic carbocycles. The lowest BCUT2D eigenvalue weighted by Crippen LogP contribution is -2.61. The van der Waals surface area contributed by atoms with Gasteiger partial charge in [0.15, 0.2) is 9.84 Å². The highest BCUT2D eigenvalue weighted by Crippen LogP contribution is 2.39. The summed E-state index contributed by atoms with van der Waals surface area (Å²) in [4.78, 5) is 25.0. The molecule has 114 valence electrons. The topological polar surface area (TPSA) is 104 Å². The Morgan fingerprint density at radius 3 is 2.40 bits per heavy atom. The second kappa shape index (κ2) is 4.91. The fraction of sp³-hybridized carbons (Fsp3) is 0.833. The van der Waals surface area contributed by atoms with Crippen LogP contribution in [0.5, 0.6) is 0 Å². The molecule has 2 unspecified atom stereocenters. The average molecular weight is 304 g/mol. The summed E-state index contributed by atoms with van der Waals surface area (Å²) >= 11 is 0. The highest BCUT2D eigenvalue weighted by Gasteiger charge is 2.49. The monoisotopic (exact) mass is 304 g/mol. The second-order valence-corrected chi connectivity index (χ2v) is 8.10. The lowest BCUT2D eigenvalue weighted by molar-refractivity contribution is -0.144. The summed E-state index contributed by atoms with van der Waals surface area (Å²) < 4.78 is 23.0. The fourth-order valence-corrected chi connectivity index (χ4v) is 4.14. The summed E-state index contributed by atoms with van der Waals surface area (Å²) in [5.74, 6) is -1.25. The molecule has 1 heterocycles. The first-order valence-electron chi connectivity index (χ1n) is 6.68. The minimum absolute atomic E-state index is 0.0484. The molecule has 2 atom stereocenters. The number of rotatable bonds is 3. The number of hydrogen-bond donors (Lipinski definition) is 2. The van der Waals surface area contributed by atoms with E-state index >= 15 is 0 Å². The molecular formula is C12H20N2O5S. The van der Waals surface area contributed by atoms with Gasteiger partial charge < -0.3 is 15.3 Å². The van der Waals surface area contributed by atoms with E-state index in [1.807, 2.05) is 0 Å². The van der Waals surface area contributed by atoms with Crippen molar-refractivity contribution in [2.45, 2.75) is 38.3 Å². The van der Waals surface area contributed by atoms with Crippen molar-refractivity contribution < 1.29 is 23.1 Å². The van der Waals surface area contributed by atoms with Crippen LogP contribution in [0.25, 0.3) is 0 Å². The van der Waals surface area contributed by atoms with Gasteiger partial charge in [0, 0.05) is 12.6 Å². The van der Waals surface area contributed by atoms with Gasteiger partial charge in [-0.15, -0.1) is 0 Å². The van der Waals surface area contributed by atoms with E-state index in [0.717, 1.165) is 12.8 Å². The zero-order chi connectivity index (χ0) is 15.1. The van der Waals surface area contributed by atoms with Gasteiger partial charge in [-0.3, -0.25) is 0 Å². The number of amides is 2. The summed E-state index contributed by atoms with van der Waals surface area (Å²) in [5.41, 5.74) is -1.27. The number of urea groups is 1. The number of nitrogens with one attached hydrogen (secondary N) is 1. The molecular weight excluding hydrogens is 284 g/mol. The number of carbonyl (C=O) groups is 2. The third-order valence-electron chi connectivity index (χ3n) is 4.14. The van der Waals surface area contributed by atoms with E-state index in [1.165, 1.54) is 11.8 Å². The Kier molecular flexibility index (Phi) is 3.70. The van der Waals surface area contributed by atoms with E-state index in [1.54, 1.807) is 6.92 Å². The molecule has 0 bridgehead atoms. The number of carbonyl (C=O) groups excluding carboxylic acids is 1. The Labute approximate surface area is 118 Å². The Hall–Kier alpha value is -1.31. The average Bonchev–Trinajstić information content (AvgIpc) is 3.10. The van der Waals surface area contributed by atoms with E-state index < -0.39 is 33.4 Å². The van der Waals surface area contributed by atoms with Crippen LogP contribution in [0.3, 0.4) is 0 Å².